The number of carbonyl (C=O) groups excluding carboxylic acids is 1. The van der Waals surface area contributed by atoms with Gasteiger partial charge in [0.2, 0.25) is 0 Å². The smallest absolute Gasteiger partial charge is 0.280 e. The SMILES string of the molecule is C#CCOc1ccc(Br)cc1/C=N/NC(=O)C(C)Oc1cccc(Cl)c1. The summed E-state index contributed by atoms with van der Waals surface area (Å²) < 4.78 is 11.8. The van der Waals surface area contributed by atoms with Gasteiger partial charge in [-0.25, -0.2) is 5.43 Å². The van der Waals surface area contributed by atoms with Crippen LogP contribution in [0.5, 0.6) is 11.5 Å². The van der Waals surface area contributed by atoms with Gasteiger partial charge in [0, 0.05) is 15.1 Å². The van der Waals surface area contributed by atoms with Crippen LogP contribution in [0, 0.1) is 12.3 Å². The normalized spacial score (nSPS) is 11.6. The maximum Gasteiger partial charge on any atom is 0.280 e. The molecule has 2 rings (SSSR count). The second-order valence-electron chi connectivity index (χ2n) is 5.13. The lowest BCUT2D eigenvalue weighted by molar-refractivity contribution is -0.127. The number of nitrogens with one attached hydrogen (secondary N) is 1. The number of benzene rings is 2. The third kappa shape index (κ3) is 6.10. The molecule has 0 spiro atoms. The molecule has 0 radical (unpaired) electrons. The predicted molar refractivity (Wildman–Crippen MR) is 106 cm³/mol. The molecule has 7 heteroatoms. The summed E-state index contributed by atoms with van der Waals surface area (Å²) in [6.07, 6.45) is 5.93. The average molecular weight is 436 g/mol. The molecule has 0 fully saturated rings. The van der Waals surface area contributed by atoms with Crippen molar-refractivity contribution in [2.75, 3.05) is 6.61 Å². The van der Waals surface area contributed by atoms with Crippen LogP contribution in [-0.2, 0) is 4.79 Å². The van der Waals surface area contributed by atoms with Gasteiger partial charge in [-0.2, -0.15) is 5.10 Å². The molecule has 2 aromatic carbocycles. The minimum Gasteiger partial charge on any atom is -0.481 e. The van der Waals surface area contributed by atoms with Gasteiger partial charge < -0.3 is 9.47 Å². The molecular formula is C19H16BrClN2O3. The number of hydrogen-bond acceptors (Lipinski definition) is 4. The largest absolute Gasteiger partial charge is 0.481 e. The van der Waals surface area contributed by atoms with Gasteiger partial charge >= 0.3 is 0 Å². The molecule has 0 bridgehead atoms. The first-order valence-corrected chi connectivity index (χ1v) is 8.77. The first-order chi connectivity index (χ1) is 12.5. The van der Waals surface area contributed by atoms with Crippen molar-refractivity contribution in [2.45, 2.75) is 13.0 Å². The second-order valence-corrected chi connectivity index (χ2v) is 6.48. The zero-order valence-electron chi connectivity index (χ0n) is 13.9. The molecule has 26 heavy (non-hydrogen) atoms. The molecule has 1 unspecified atom stereocenters. The van der Waals surface area contributed by atoms with Gasteiger partial charge in [-0.1, -0.05) is 39.5 Å². The summed E-state index contributed by atoms with van der Waals surface area (Å²) in [4.78, 5) is 12.1. The Bertz CT molecular complexity index is 849. The van der Waals surface area contributed by atoms with E-state index in [1.807, 2.05) is 6.07 Å². The monoisotopic (exact) mass is 434 g/mol. The molecule has 1 N–H and O–H groups in total. The Morgan fingerprint density at radius 1 is 1.42 bits per heavy atom. The average Bonchev–Trinajstić information content (AvgIpc) is 2.61. The first kappa shape index (κ1) is 19.8. The van der Waals surface area contributed by atoms with Gasteiger partial charge in [-0.05, 0) is 43.3 Å². The number of hydrazone groups is 1. The fraction of sp³-hybridized carbons (Fsp3) is 0.158. The zero-order chi connectivity index (χ0) is 18.9. The van der Waals surface area contributed by atoms with Gasteiger partial charge in [-0.15, -0.1) is 6.42 Å². The molecule has 0 heterocycles. The number of ether oxygens (including phenoxy) is 2. The van der Waals surface area contributed by atoms with Crippen LogP contribution in [0.2, 0.25) is 5.02 Å². The Balaban J connectivity index is 1.98. The van der Waals surface area contributed by atoms with E-state index < -0.39 is 12.0 Å². The lowest BCUT2D eigenvalue weighted by atomic mass is 10.2. The molecule has 0 aliphatic carbocycles. The Morgan fingerprint density at radius 2 is 2.23 bits per heavy atom. The van der Waals surface area contributed by atoms with Crippen molar-refractivity contribution in [3.05, 3.63) is 57.5 Å². The summed E-state index contributed by atoms with van der Waals surface area (Å²) in [7, 11) is 0. The first-order valence-electron chi connectivity index (χ1n) is 7.60. The molecule has 0 aliphatic rings. The summed E-state index contributed by atoms with van der Waals surface area (Å²) in [6.45, 7) is 1.76. The van der Waals surface area contributed by atoms with Gasteiger partial charge in [0.05, 0.1) is 6.21 Å². The summed E-state index contributed by atoms with van der Waals surface area (Å²) in [5.74, 6) is 3.06. The van der Waals surface area contributed by atoms with E-state index >= 15 is 0 Å². The van der Waals surface area contributed by atoms with E-state index in [2.05, 4.69) is 32.4 Å². The molecular weight excluding hydrogens is 420 g/mol. The van der Waals surface area contributed by atoms with Crippen LogP contribution in [0.25, 0.3) is 0 Å². The third-order valence-electron chi connectivity index (χ3n) is 3.14. The molecule has 0 saturated carbocycles. The van der Waals surface area contributed by atoms with Gasteiger partial charge in [0.1, 0.15) is 18.1 Å². The van der Waals surface area contributed by atoms with Crippen molar-refractivity contribution < 1.29 is 14.3 Å². The van der Waals surface area contributed by atoms with E-state index in [9.17, 15) is 4.79 Å². The van der Waals surface area contributed by atoms with Crippen LogP contribution < -0.4 is 14.9 Å². The fourth-order valence-electron chi connectivity index (χ4n) is 1.93. The molecule has 5 nitrogen and oxygen atoms in total. The lowest BCUT2D eigenvalue weighted by Gasteiger charge is -2.13. The lowest BCUT2D eigenvalue weighted by Crippen LogP contribution is -2.33. The highest BCUT2D eigenvalue weighted by molar-refractivity contribution is 9.10. The molecule has 0 aromatic heterocycles. The number of amides is 1. The van der Waals surface area contributed by atoms with E-state index in [1.165, 1.54) is 6.21 Å². The number of rotatable bonds is 7. The predicted octanol–water partition coefficient (Wildman–Crippen LogP) is 4.03. The maximum absolute atomic E-state index is 12.1. The van der Waals surface area contributed by atoms with Gasteiger partial charge in [0.25, 0.3) is 5.91 Å². The van der Waals surface area contributed by atoms with Crippen LogP contribution >= 0.6 is 27.5 Å². The highest BCUT2D eigenvalue weighted by Crippen LogP contribution is 2.22. The number of nitrogens with zero attached hydrogens (tertiary/aromatic N) is 1. The van der Waals surface area contributed by atoms with Crippen molar-refractivity contribution >= 4 is 39.7 Å². The van der Waals surface area contributed by atoms with Crippen LogP contribution in [0.15, 0.2) is 52.0 Å². The molecule has 1 amide bonds. The fourth-order valence-corrected chi connectivity index (χ4v) is 2.48. The van der Waals surface area contributed by atoms with E-state index in [4.69, 9.17) is 27.5 Å². The van der Waals surface area contributed by atoms with Crippen molar-refractivity contribution in [3.63, 3.8) is 0 Å². The summed E-state index contributed by atoms with van der Waals surface area (Å²) >= 11 is 9.27. The minimum absolute atomic E-state index is 0.138. The second kappa shape index (κ2) is 9.85. The van der Waals surface area contributed by atoms with E-state index in [-0.39, 0.29) is 6.61 Å². The highest BCUT2D eigenvalue weighted by atomic mass is 79.9. The van der Waals surface area contributed by atoms with Crippen molar-refractivity contribution in [1.29, 1.82) is 0 Å². The maximum atomic E-state index is 12.1. The number of halogens is 2. The minimum atomic E-state index is -0.745. The quantitative estimate of drug-likeness (QED) is 0.406. The molecule has 2 aromatic rings. The van der Waals surface area contributed by atoms with Crippen molar-refractivity contribution in [1.82, 2.24) is 5.43 Å². The van der Waals surface area contributed by atoms with Crippen LogP contribution in [-0.4, -0.2) is 24.8 Å². The van der Waals surface area contributed by atoms with Gasteiger partial charge in [0.15, 0.2) is 6.10 Å². The number of carbonyl (C=O) groups is 1. The summed E-state index contributed by atoms with van der Waals surface area (Å²) in [5.41, 5.74) is 3.10. The van der Waals surface area contributed by atoms with Crippen molar-refractivity contribution in [3.8, 4) is 23.8 Å². The summed E-state index contributed by atoms with van der Waals surface area (Å²) in [5, 5.41) is 4.48. The Kier molecular flexibility index (Phi) is 7.52. The van der Waals surface area contributed by atoms with E-state index in [0.717, 1.165) is 4.47 Å². The Labute approximate surface area is 165 Å². The third-order valence-corrected chi connectivity index (χ3v) is 3.87. The molecule has 0 aliphatic heterocycles. The molecule has 1 atom stereocenters. The van der Waals surface area contributed by atoms with Crippen LogP contribution in [0.1, 0.15) is 12.5 Å². The number of hydrogen-bond donors (Lipinski definition) is 1. The highest BCUT2D eigenvalue weighted by Gasteiger charge is 2.14. The molecule has 134 valence electrons. The van der Waals surface area contributed by atoms with E-state index in [0.29, 0.717) is 22.1 Å². The Morgan fingerprint density at radius 3 is 2.96 bits per heavy atom. The summed E-state index contributed by atoms with van der Waals surface area (Å²) in [6, 6.07) is 12.2. The molecule has 0 saturated heterocycles. The standard InChI is InChI=1S/C19H16BrClN2O3/c1-3-9-25-18-8-7-15(20)10-14(18)12-22-23-19(24)13(2)26-17-6-4-5-16(21)11-17/h1,4-8,10-13H,9H2,2H3,(H,23,24)/b22-12+. The topological polar surface area (TPSA) is 59.9 Å². The van der Waals surface area contributed by atoms with Crippen LogP contribution in [0.3, 0.4) is 0 Å². The zero-order valence-corrected chi connectivity index (χ0v) is 16.3. The Hall–Kier alpha value is -2.49. The van der Waals surface area contributed by atoms with E-state index in [1.54, 1.807) is 43.3 Å². The van der Waals surface area contributed by atoms with Crippen LogP contribution in [0.4, 0.5) is 0 Å². The van der Waals surface area contributed by atoms with Crippen molar-refractivity contribution in [2.24, 2.45) is 5.10 Å². The van der Waals surface area contributed by atoms with Gasteiger partial charge in [-0.3, -0.25) is 4.79 Å². The number of terminal acetylenes is 1.